The van der Waals surface area contributed by atoms with Gasteiger partial charge in [0.25, 0.3) is 0 Å². The number of hydrogen-bond acceptors (Lipinski definition) is 4. The molecular weight excluding hydrogens is 256 g/mol. The fourth-order valence-corrected chi connectivity index (χ4v) is 1.66. The quantitative estimate of drug-likeness (QED) is 0.375. The van der Waals surface area contributed by atoms with Crippen LogP contribution in [0, 0.1) is 0 Å². The molecule has 4 heteroatoms. The van der Waals surface area contributed by atoms with Crippen molar-refractivity contribution in [1.29, 1.82) is 0 Å². The summed E-state index contributed by atoms with van der Waals surface area (Å²) >= 11 is 0. The first-order valence-corrected chi connectivity index (χ1v) is 7.02. The van der Waals surface area contributed by atoms with Crippen molar-refractivity contribution in [2.24, 2.45) is 0 Å². The third-order valence-electron chi connectivity index (χ3n) is 2.74. The fourth-order valence-electron chi connectivity index (χ4n) is 1.66. The fraction of sp³-hybridized carbons (Fsp3) is 0.500. The first kappa shape index (κ1) is 16.4. The molecule has 0 saturated carbocycles. The maximum atomic E-state index is 11.9. The zero-order valence-electron chi connectivity index (χ0n) is 12.2. The topological polar surface area (TPSA) is 52.6 Å². The minimum absolute atomic E-state index is 0.0672. The van der Waals surface area contributed by atoms with Crippen molar-refractivity contribution in [3.8, 4) is 5.75 Å². The number of ether oxygens (including phenoxy) is 2. The molecule has 0 unspecified atom stereocenters. The highest BCUT2D eigenvalue weighted by molar-refractivity contribution is 6.07. The van der Waals surface area contributed by atoms with Crippen molar-refractivity contribution in [2.45, 2.75) is 33.1 Å². The molecule has 1 aromatic rings. The zero-order valence-corrected chi connectivity index (χ0v) is 12.2. The maximum absolute atomic E-state index is 11.9. The molecule has 1 rings (SSSR count). The van der Waals surface area contributed by atoms with Crippen molar-refractivity contribution in [1.82, 2.24) is 0 Å². The van der Waals surface area contributed by atoms with Gasteiger partial charge in [-0.25, -0.2) is 0 Å². The van der Waals surface area contributed by atoms with Crippen LogP contribution in [0.5, 0.6) is 5.75 Å². The van der Waals surface area contributed by atoms with E-state index in [0.29, 0.717) is 25.4 Å². The average Bonchev–Trinajstić information content (AvgIpc) is 2.46. The van der Waals surface area contributed by atoms with E-state index in [0.717, 1.165) is 12.2 Å². The zero-order chi connectivity index (χ0) is 14.8. The maximum Gasteiger partial charge on any atom is 0.170 e. The molecule has 0 heterocycles. The van der Waals surface area contributed by atoms with Crippen LogP contribution in [0.3, 0.4) is 0 Å². The van der Waals surface area contributed by atoms with Gasteiger partial charge in [0.05, 0.1) is 19.6 Å². The van der Waals surface area contributed by atoms with Crippen LogP contribution in [0.2, 0.25) is 0 Å². The number of carbonyl (C=O) groups excluding carboxylic acids is 2. The molecule has 0 aromatic heterocycles. The van der Waals surface area contributed by atoms with Crippen molar-refractivity contribution in [3.05, 3.63) is 29.8 Å². The molecule has 20 heavy (non-hydrogen) atoms. The second kappa shape index (κ2) is 9.26. The van der Waals surface area contributed by atoms with Gasteiger partial charge in [-0.05, 0) is 37.6 Å². The van der Waals surface area contributed by atoms with E-state index in [2.05, 4.69) is 0 Å². The Bertz CT molecular complexity index is 423. The summed E-state index contributed by atoms with van der Waals surface area (Å²) in [7, 11) is 0. The molecule has 0 saturated heterocycles. The van der Waals surface area contributed by atoms with E-state index in [1.165, 1.54) is 0 Å². The van der Waals surface area contributed by atoms with E-state index in [1.807, 2.05) is 13.8 Å². The van der Waals surface area contributed by atoms with Crippen LogP contribution < -0.4 is 4.74 Å². The predicted molar refractivity (Wildman–Crippen MR) is 77.3 cm³/mol. The van der Waals surface area contributed by atoms with Gasteiger partial charge in [0.15, 0.2) is 5.78 Å². The summed E-state index contributed by atoms with van der Waals surface area (Å²) in [5.74, 6) is 0.495. The predicted octanol–water partition coefficient (Wildman–Crippen LogP) is 3.04. The van der Waals surface area contributed by atoms with Gasteiger partial charge in [-0.2, -0.15) is 0 Å². The highest BCUT2D eigenvalue weighted by atomic mass is 16.5. The van der Waals surface area contributed by atoms with E-state index in [4.69, 9.17) is 9.47 Å². The first-order valence-electron chi connectivity index (χ1n) is 7.02. The van der Waals surface area contributed by atoms with Crippen LogP contribution >= 0.6 is 0 Å². The van der Waals surface area contributed by atoms with Gasteiger partial charge in [-0.3, -0.25) is 9.59 Å². The van der Waals surface area contributed by atoms with Gasteiger partial charge in [0, 0.05) is 18.6 Å². The third-order valence-corrected chi connectivity index (χ3v) is 2.74. The number of rotatable bonds is 10. The standard InChI is InChI=1S/C16H22O4/c1-3-10-20-15-7-5-13(6-8-15)16(18)12-14(17)9-11-19-4-2/h5-8H,3-4,9-12H2,1-2H3. The summed E-state index contributed by atoms with van der Waals surface area (Å²) < 4.78 is 10.5. The van der Waals surface area contributed by atoms with Gasteiger partial charge in [-0.15, -0.1) is 0 Å². The van der Waals surface area contributed by atoms with Crippen molar-refractivity contribution in [3.63, 3.8) is 0 Å². The van der Waals surface area contributed by atoms with Crippen molar-refractivity contribution < 1.29 is 19.1 Å². The van der Waals surface area contributed by atoms with Gasteiger partial charge in [-0.1, -0.05) is 6.92 Å². The Morgan fingerprint density at radius 2 is 1.75 bits per heavy atom. The molecule has 0 N–H and O–H groups in total. The monoisotopic (exact) mass is 278 g/mol. The number of Topliss-reactive ketones (excluding diaryl/α,β-unsaturated/α-hetero) is 2. The minimum atomic E-state index is -0.159. The molecule has 0 spiro atoms. The lowest BCUT2D eigenvalue weighted by atomic mass is 10.0. The number of benzene rings is 1. The van der Waals surface area contributed by atoms with Crippen LogP contribution in [0.4, 0.5) is 0 Å². The lowest BCUT2D eigenvalue weighted by Gasteiger charge is -2.05. The summed E-state index contributed by atoms with van der Waals surface area (Å²) in [5, 5.41) is 0. The second-order valence-corrected chi connectivity index (χ2v) is 4.46. The lowest BCUT2D eigenvalue weighted by Crippen LogP contribution is -2.10. The van der Waals surface area contributed by atoms with Crippen LogP contribution in [0.15, 0.2) is 24.3 Å². The summed E-state index contributed by atoms with van der Waals surface area (Å²) in [4.78, 5) is 23.5. The van der Waals surface area contributed by atoms with Crippen LogP contribution in [0.25, 0.3) is 0 Å². The van der Waals surface area contributed by atoms with E-state index >= 15 is 0 Å². The molecule has 0 bridgehead atoms. The molecule has 0 amide bonds. The molecule has 4 nitrogen and oxygen atoms in total. The average molecular weight is 278 g/mol. The highest BCUT2D eigenvalue weighted by Gasteiger charge is 2.11. The number of carbonyl (C=O) groups is 2. The van der Waals surface area contributed by atoms with Crippen LogP contribution in [-0.2, 0) is 9.53 Å². The smallest absolute Gasteiger partial charge is 0.170 e. The van der Waals surface area contributed by atoms with E-state index < -0.39 is 0 Å². The Morgan fingerprint density at radius 1 is 1.05 bits per heavy atom. The normalized spacial score (nSPS) is 10.3. The molecule has 110 valence electrons. The molecular formula is C16H22O4. The lowest BCUT2D eigenvalue weighted by molar-refractivity contribution is -0.119. The molecule has 0 atom stereocenters. The largest absolute Gasteiger partial charge is 0.494 e. The highest BCUT2D eigenvalue weighted by Crippen LogP contribution is 2.14. The van der Waals surface area contributed by atoms with Crippen molar-refractivity contribution >= 4 is 11.6 Å². The van der Waals surface area contributed by atoms with E-state index in [-0.39, 0.29) is 24.4 Å². The molecule has 0 aliphatic heterocycles. The summed E-state index contributed by atoms with van der Waals surface area (Å²) in [5.41, 5.74) is 0.540. The van der Waals surface area contributed by atoms with Crippen LogP contribution in [-0.4, -0.2) is 31.4 Å². The SMILES string of the molecule is CCCOc1ccc(C(=O)CC(=O)CCOCC)cc1. The Balaban J connectivity index is 2.44. The van der Waals surface area contributed by atoms with Gasteiger partial charge < -0.3 is 9.47 Å². The molecule has 0 fully saturated rings. The second-order valence-electron chi connectivity index (χ2n) is 4.46. The van der Waals surface area contributed by atoms with Gasteiger partial charge in [0.2, 0.25) is 0 Å². The number of hydrogen-bond donors (Lipinski definition) is 0. The van der Waals surface area contributed by atoms with Gasteiger partial charge in [0.1, 0.15) is 11.5 Å². The minimum Gasteiger partial charge on any atom is -0.494 e. The van der Waals surface area contributed by atoms with E-state index in [9.17, 15) is 9.59 Å². The van der Waals surface area contributed by atoms with Crippen LogP contribution in [0.1, 0.15) is 43.5 Å². The summed E-state index contributed by atoms with van der Waals surface area (Å²) in [6.45, 7) is 5.53. The molecule has 0 radical (unpaired) electrons. The van der Waals surface area contributed by atoms with Gasteiger partial charge >= 0.3 is 0 Å². The molecule has 0 aliphatic carbocycles. The molecule has 1 aromatic carbocycles. The third kappa shape index (κ3) is 5.97. The first-order chi connectivity index (χ1) is 9.67. The summed E-state index contributed by atoms with van der Waals surface area (Å²) in [6.07, 6.45) is 1.16. The Labute approximate surface area is 120 Å². The molecule has 0 aliphatic rings. The Kier molecular flexibility index (Phi) is 7.58. The Morgan fingerprint density at radius 3 is 2.35 bits per heavy atom. The van der Waals surface area contributed by atoms with E-state index in [1.54, 1.807) is 24.3 Å². The van der Waals surface area contributed by atoms with Crippen molar-refractivity contribution in [2.75, 3.05) is 19.8 Å². The number of ketones is 2. The summed E-state index contributed by atoms with van der Waals surface area (Å²) in [6, 6.07) is 6.91. The Hall–Kier alpha value is -1.68.